The van der Waals surface area contributed by atoms with E-state index in [1.807, 2.05) is 0 Å². The van der Waals surface area contributed by atoms with Crippen molar-refractivity contribution in [3.05, 3.63) is 34.3 Å². The Hall–Kier alpha value is -1.43. The molecular weight excluding hydrogens is 260 g/mol. The van der Waals surface area contributed by atoms with Gasteiger partial charge >= 0.3 is 5.97 Å². The predicted octanol–water partition coefficient (Wildman–Crippen LogP) is 1.11. The number of aliphatic hydroxyl groups excluding tert-OH is 2. The smallest absolute Gasteiger partial charge is 0.338 e. The van der Waals surface area contributed by atoms with E-state index in [9.17, 15) is 19.8 Å². The van der Waals surface area contributed by atoms with Gasteiger partial charge in [0.15, 0.2) is 6.10 Å². The highest BCUT2D eigenvalue weighted by Gasteiger charge is 2.28. The summed E-state index contributed by atoms with van der Waals surface area (Å²) >= 11 is 5.83. The fraction of sp³-hybridized carbons (Fsp3) is 0.333. The van der Waals surface area contributed by atoms with E-state index >= 15 is 0 Å². The van der Waals surface area contributed by atoms with Crippen LogP contribution < -0.4 is 0 Å². The maximum Gasteiger partial charge on any atom is 0.338 e. The third-order valence-electron chi connectivity index (χ3n) is 2.30. The van der Waals surface area contributed by atoms with Gasteiger partial charge < -0.3 is 14.9 Å². The lowest BCUT2D eigenvalue weighted by Gasteiger charge is -2.18. The van der Waals surface area contributed by atoms with E-state index in [4.69, 9.17) is 11.6 Å². The molecule has 1 aromatic rings. The van der Waals surface area contributed by atoms with Gasteiger partial charge in [-0.1, -0.05) is 17.7 Å². The van der Waals surface area contributed by atoms with Crippen molar-refractivity contribution in [2.24, 2.45) is 0 Å². The fourth-order valence-corrected chi connectivity index (χ4v) is 1.62. The molecule has 6 heteroatoms. The summed E-state index contributed by atoms with van der Waals surface area (Å²) in [7, 11) is 0. The van der Waals surface area contributed by atoms with Crippen LogP contribution in [0, 0.1) is 0 Å². The molecule has 0 aliphatic carbocycles. The normalized spacial score (nSPS) is 13.8. The van der Waals surface area contributed by atoms with Crippen LogP contribution in [0.3, 0.4) is 0 Å². The van der Waals surface area contributed by atoms with Crippen molar-refractivity contribution in [2.75, 3.05) is 6.61 Å². The SMILES string of the molecule is CCOC(=O)C(O)C(O)c1cc(C=O)ccc1Cl. The topological polar surface area (TPSA) is 83.8 Å². The molecule has 0 aromatic heterocycles. The molecule has 5 nitrogen and oxygen atoms in total. The monoisotopic (exact) mass is 272 g/mol. The Morgan fingerprint density at radius 3 is 2.72 bits per heavy atom. The van der Waals surface area contributed by atoms with E-state index in [0.29, 0.717) is 6.29 Å². The molecule has 1 rings (SSSR count). The molecule has 0 heterocycles. The molecular formula is C12H13ClO5. The highest BCUT2D eigenvalue weighted by Crippen LogP contribution is 2.26. The van der Waals surface area contributed by atoms with Gasteiger partial charge in [0.1, 0.15) is 12.4 Å². The molecule has 0 saturated heterocycles. The Bertz CT molecular complexity index is 446. The number of benzene rings is 1. The lowest BCUT2D eigenvalue weighted by atomic mass is 10.0. The molecule has 1 aromatic carbocycles. The minimum atomic E-state index is -1.75. The van der Waals surface area contributed by atoms with Crippen LogP contribution in [-0.2, 0) is 9.53 Å². The standard InChI is InChI=1S/C12H13ClO5/c1-2-18-12(17)11(16)10(15)8-5-7(6-14)3-4-9(8)13/h3-6,10-11,15-16H,2H2,1H3. The summed E-state index contributed by atoms with van der Waals surface area (Å²) in [6.07, 6.45) is -2.72. The number of hydrogen-bond donors (Lipinski definition) is 2. The second kappa shape index (κ2) is 6.49. The van der Waals surface area contributed by atoms with Crippen LogP contribution in [0.4, 0.5) is 0 Å². The van der Waals surface area contributed by atoms with E-state index in [0.717, 1.165) is 0 Å². The number of aldehydes is 1. The molecule has 0 radical (unpaired) electrons. The van der Waals surface area contributed by atoms with Crippen molar-refractivity contribution in [1.82, 2.24) is 0 Å². The van der Waals surface area contributed by atoms with Crippen LogP contribution >= 0.6 is 11.6 Å². The summed E-state index contributed by atoms with van der Waals surface area (Å²) in [5, 5.41) is 19.6. The quantitative estimate of drug-likeness (QED) is 0.620. The van der Waals surface area contributed by atoms with Crippen LogP contribution in [0.15, 0.2) is 18.2 Å². The third-order valence-corrected chi connectivity index (χ3v) is 2.65. The first kappa shape index (κ1) is 14.6. The summed E-state index contributed by atoms with van der Waals surface area (Å²) in [6, 6.07) is 4.17. The molecule has 2 unspecified atom stereocenters. The lowest BCUT2D eigenvalue weighted by Crippen LogP contribution is -2.30. The Kier molecular flexibility index (Phi) is 5.27. The number of halogens is 1. The number of hydrogen-bond acceptors (Lipinski definition) is 5. The van der Waals surface area contributed by atoms with Crippen LogP contribution in [0.25, 0.3) is 0 Å². The van der Waals surface area contributed by atoms with E-state index in [-0.39, 0.29) is 22.8 Å². The predicted molar refractivity (Wildman–Crippen MR) is 64.4 cm³/mol. The zero-order chi connectivity index (χ0) is 13.7. The maximum absolute atomic E-state index is 11.3. The van der Waals surface area contributed by atoms with Gasteiger partial charge in [-0.25, -0.2) is 4.79 Å². The minimum Gasteiger partial charge on any atom is -0.464 e. The van der Waals surface area contributed by atoms with Gasteiger partial charge in [0.2, 0.25) is 0 Å². The Labute approximate surface area is 109 Å². The van der Waals surface area contributed by atoms with Gasteiger partial charge in [-0.3, -0.25) is 4.79 Å². The number of carbonyl (C=O) groups is 2. The maximum atomic E-state index is 11.3. The Morgan fingerprint density at radius 1 is 1.50 bits per heavy atom. The van der Waals surface area contributed by atoms with Gasteiger partial charge in [0.05, 0.1) is 6.61 Å². The lowest BCUT2D eigenvalue weighted by molar-refractivity contribution is -0.159. The first-order valence-electron chi connectivity index (χ1n) is 5.28. The van der Waals surface area contributed by atoms with Crippen LogP contribution in [0.1, 0.15) is 28.9 Å². The Morgan fingerprint density at radius 2 is 2.17 bits per heavy atom. The summed E-state index contributed by atoms with van der Waals surface area (Å²) in [6.45, 7) is 1.67. The first-order valence-corrected chi connectivity index (χ1v) is 5.66. The van der Waals surface area contributed by atoms with Crippen molar-refractivity contribution >= 4 is 23.9 Å². The number of ether oxygens (including phenoxy) is 1. The molecule has 2 N–H and O–H groups in total. The van der Waals surface area contributed by atoms with Gasteiger partial charge in [-0.2, -0.15) is 0 Å². The fourth-order valence-electron chi connectivity index (χ4n) is 1.39. The van der Waals surface area contributed by atoms with E-state index in [1.54, 1.807) is 6.92 Å². The van der Waals surface area contributed by atoms with Crippen LogP contribution in [0.5, 0.6) is 0 Å². The molecule has 0 spiro atoms. The zero-order valence-electron chi connectivity index (χ0n) is 9.67. The van der Waals surface area contributed by atoms with Crippen LogP contribution in [0.2, 0.25) is 5.02 Å². The largest absolute Gasteiger partial charge is 0.464 e. The second-order valence-electron chi connectivity index (χ2n) is 3.54. The van der Waals surface area contributed by atoms with Crippen molar-refractivity contribution in [3.63, 3.8) is 0 Å². The van der Waals surface area contributed by atoms with E-state index in [1.165, 1.54) is 18.2 Å². The van der Waals surface area contributed by atoms with Gasteiger partial charge in [-0.05, 0) is 19.1 Å². The highest BCUT2D eigenvalue weighted by molar-refractivity contribution is 6.31. The second-order valence-corrected chi connectivity index (χ2v) is 3.95. The minimum absolute atomic E-state index is 0.0880. The van der Waals surface area contributed by atoms with Crippen LogP contribution in [-0.4, -0.2) is 35.2 Å². The first-order chi connectivity index (χ1) is 8.51. The average molecular weight is 273 g/mol. The molecule has 0 saturated carbocycles. The summed E-state index contributed by atoms with van der Waals surface area (Å²) in [4.78, 5) is 21.9. The molecule has 0 aliphatic heterocycles. The van der Waals surface area contributed by atoms with Gasteiger partial charge in [0.25, 0.3) is 0 Å². The summed E-state index contributed by atoms with van der Waals surface area (Å²) in [5.74, 6) is -0.947. The number of rotatable bonds is 5. The summed E-state index contributed by atoms with van der Waals surface area (Å²) < 4.78 is 4.58. The molecule has 0 fully saturated rings. The van der Waals surface area contributed by atoms with Crippen molar-refractivity contribution in [3.8, 4) is 0 Å². The van der Waals surface area contributed by atoms with Gasteiger partial charge in [-0.15, -0.1) is 0 Å². The summed E-state index contributed by atoms with van der Waals surface area (Å²) in [5.41, 5.74) is 0.381. The van der Waals surface area contributed by atoms with E-state index in [2.05, 4.69) is 4.74 Å². The third kappa shape index (κ3) is 3.29. The molecule has 0 aliphatic rings. The van der Waals surface area contributed by atoms with Gasteiger partial charge in [0, 0.05) is 16.1 Å². The molecule has 18 heavy (non-hydrogen) atoms. The molecule has 2 atom stereocenters. The number of carbonyl (C=O) groups excluding carboxylic acids is 2. The molecule has 0 amide bonds. The van der Waals surface area contributed by atoms with Crippen molar-refractivity contribution < 1.29 is 24.5 Å². The van der Waals surface area contributed by atoms with Crippen molar-refractivity contribution in [1.29, 1.82) is 0 Å². The number of esters is 1. The number of aliphatic hydroxyl groups is 2. The molecule has 0 bridgehead atoms. The average Bonchev–Trinajstić information content (AvgIpc) is 2.38. The van der Waals surface area contributed by atoms with Crippen molar-refractivity contribution in [2.45, 2.75) is 19.1 Å². The Balaban J connectivity index is 2.98. The molecule has 98 valence electrons. The highest BCUT2D eigenvalue weighted by atomic mass is 35.5. The zero-order valence-corrected chi connectivity index (χ0v) is 10.4. The van der Waals surface area contributed by atoms with E-state index < -0.39 is 18.2 Å².